The van der Waals surface area contributed by atoms with Crippen molar-refractivity contribution >= 4 is 55.5 Å². The number of carbonyl (C=O) groups is 1. The largest absolute Gasteiger partial charge is 0.345 e. The Kier molecular flexibility index (Phi) is 5.83. The fourth-order valence-corrected chi connectivity index (χ4v) is 5.95. The third-order valence-electron chi connectivity index (χ3n) is 5.07. The first-order chi connectivity index (χ1) is 16.7. The third kappa shape index (κ3) is 4.29. The molecule has 0 saturated carbocycles. The average Bonchev–Trinajstić information content (AvgIpc) is 3.49. The molecule has 0 aliphatic rings. The molecule has 2 N–H and O–H groups in total. The lowest BCUT2D eigenvalue weighted by atomic mass is 10.0. The van der Waals surface area contributed by atoms with Crippen molar-refractivity contribution < 1.29 is 22.0 Å². The van der Waals surface area contributed by atoms with Crippen LogP contribution in [0.5, 0.6) is 0 Å². The lowest BCUT2D eigenvalue weighted by Gasteiger charge is -2.11. The van der Waals surface area contributed by atoms with E-state index in [4.69, 9.17) is 11.6 Å². The first-order valence-electron chi connectivity index (χ1n) is 9.94. The number of nitrogens with zero attached hydrogens (tertiary/aromatic N) is 2. The standard InChI is InChI=1S/C23H13ClF2N4O3S2/c24-12-9-13-14(11-29-23(13)28-10-12)22(31)20-15(25)4-5-17(21(20)26)30-35(32,33)19-7-6-18(34-19)16-3-1-2-8-27-16/h1-11,30H,(H,28,29). The quantitative estimate of drug-likeness (QED) is 0.276. The number of hydrogen-bond donors (Lipinski definition) is 2. The van der Waals surface area contributed by atoms with Gasteiger partial charge in [0.25, 0.3) is 10.0 Å². The summed E-state index contributed by atoms with van der Waals surface area (Å²) in [5, 5.41) is 0.502. The molecule has 4 aromatic heterocycles. The van der Waals surface area contributed by atoms with Crippen molar-refractivity contribution in [1.82, 2.24) is 15.0 Å². The molecular weight excluding hydrogens is 518 g/mol. The Labute approximate surface area is 206 Å². The number of nitrogens with one attached hydrogen (secondary N) is 2. The van der Waals surface area contributed by atoms with Crippen molar-refractivity contribution in [3.8, 4) is 10.6 Å². The maximum absolute atomic E-state index is 15.3. The highest BCUT2D eigenvalue weighted by molar-refractivity contribution is 7.94. The van der Waals surface area contributed by atoms with Crippen LogP contribution in [0.4, 0.5) is 14.5 Å². The van der Waals surface area contributed by atoms with Gasteiger partial charge in [-0.15, -0.1) is 11.3 Å². The summed E-state index contributed by atoms with van der Waals surface area (Å²) in [7, 11) is -4.24. The van der Waals surface area contributed by atoms with Gasteiger partial charge in [0.1, 0.15) is 15.7 Å². The Morgan fingerprint density at radius 3 is 2.69 bits per heavy atom. The van der Waals surface area contributed by atoms with Gasteiger partial charge in [0.15, 0.2) is 5.82 Å². The number of fused-ring (bicyclic) bond motifs is 1. The summed E-state index contributed by atoms with van der Waals surface area (Å²) in [6.45, 7) is 0. The number of pyridine rings is 2. The molecule has 0 aliphatic carbocycles. The van der Waals surface area contributed by atoms with Gasteiger partial charge < -0.3 is 4.98 Å². The summed E-state index contributed by atoms with van der Waals surface area (Å²) in [6.07, 6.45) is 4.19. The minimum Gasteiger partial charge on any atom is -0.345 e. The number of sulfonamides is 1. The Bertz CT molecular complexity index is 1700. The second-order valence-electron chi connectivity index (χ2n) is 7.30. The predicted octanol–water partition coefficient (Wildman–Crippen LogP) is 5.65. The highest BCUT2D eigenvalue weighted by Gasteiger charge is 2.27. The number of benzene rings is 1. The fraction of sp³-hybridized carbons (Fsp3) is 0. The molecule has 4 heterocycles. The molecule has 5 rings (SSSR count). The molecule has 176 valence electrons. The highest BCUT2D eigenvalue weighted by atomic mass is 35.5. The number of thiophene rings is 1. The van der Waals surface area contributed by atoms with E-state index in [0.29, 0.717) is 16.2 Å². The van der Waals surface area contributed by atoms with Crippen LogP contribution >= 0.6 is 22.9 Å². The van der Waals surface area contributed by atoms with Gasteiger partial charge in [0.2, 0.25) is 5.78 Å². The van der Waals surface area contributed by atoms with Crippen molar-refractivity contribution in [2.75, 3.05) is 4.72 Å². The molecule has 12 heteroatoms. The normalized spacial score (nSPS) is 11.6. The zero-order valence-electron chi connectivity index (χ0n) is 17.4. The van der Waals surface area contributed by atoms with Gasteiger partial charge >= 0.3 is 0 Å². The van der Waals surface area contributed by atoms with Gasteiger partial charge in [-0.05, 0) is 42.5 Å². The van der Waals surface area contributed by atoms with E-state index in [0.717, 1.165) is 23.5 Å². The number of aromatic nitrogens is 3. The van der Waals surface area contributed by atoms with E-state index in [1.54, 1.807) is 30.5 Å². The van der Waals surface area contributed by atoms with Crippen LogP contribution in [0.25, 0.3) is 21.6 Å². The number of rotatable bonds is 6. The maximum atomic E-state index is 15.3. The number of halogens is 3. The topological polar surface area (TPSA) is 105 Å². The summed E-state index contributed by atoms with van der Waals surface area (Å²) in [4.78, 5) is 24.6. The van der Waals surface area contributed by atoms with Crippen LogP contribution in [-0.2, 0) is 10.0 Å². The van der Waals surface area contributed by atoms with E-state index in [1.807, 2.05) is 0 Å². The van der Waals surface area contributed by atoms with Crippen LogP contribution in [0.2, 0.25) is 5.02 Å². The van der Waals surface area contributed by atoms with E-state index < -0.39 is 38.7 Å². The van der Waals surface area contributed by atoms with Crippen LogP contribution in [0, 0.1) is 11.6 Å². The molecule has 0 fully saturated rings. The van der Waals surface area contributed by atoms with Crippen molar-refractivity contribution in [1.29, 1.82) is 0 Å². The predicted molar refractivity (Wildman–Crippen MR) is 129 cm³/mol. The van der Waals surface area contributed by atoms with Gasteiger partial charge in [-0.1, -0.05) is 17.7 Å². The average molecular weight is 531 g/mol. The van der Waals surface area contributed by atoms with Gasteiger partial charge in [-0.3, -0.25) is 14.5 Å². The molecule has 0 bridgehead atoms. The molecule has 0 unspecified atom stereocenters. The minimum absolute atomic E-state index is 0.0638. The zero-order valence-corrected chi connectivity index (χ0v) is 19.8. The van der Waals surface area contributed by atoms with E-state index in [1.165, 1.54) is 24.5 Å². The fourth-order valence-electron chi connectivity index (χ4n) is 3.45. The molecule has 0 saturated heterocycles. The Morgan fingerprint density at radius 2 is 1.91 bits per heavy atom. The van der Waals surface area contributed by atoms with E-state index in [2.05, 4.69) is 19.7 Å². The van der Waals surface area contributed by atoms with Crippen LogP contribution in [0.15, 0.2) is 71.3 Å². The summed E-state index contributed by atoms with van der Waals surface area (Å²) in [5.41, 5.74) is -0.666. The smallest absolute Gasteiger partial charge is 0.271 e. The monoisotopic (exact) mass is 530 g/mol. The van der Waals surface area contributed by atoms with Crippen LogP contribution in [-0.4, -0.2) is 29.2 Å². The maximum Gasteiger partial charge on any atom is 0.271 e. The van der Waals surface area contributed by atoms with Crippen molar-refractivity contribution in [3.63, 3.8) is 0 Å². The van der Waals surface area contributed by atoms with Crippen molar-refractivity contribution in [3.05, 3.63) is 94.9 Å². The SMILES string of the molecule is O=C(c1c(F)ccc(NS(=O)(=O)c2ccc(-c3ccccn3)s2)c1F)c1c[nH]c2ncc(Cl)cc12. The van der Waals surface area contributed by atoms with Crippen LogP contribution in [0.1, 0.15) is 15.9 Å². The molecule has 35 heavy (non-hydrogen) atoms. The second-order valence-corrected chi connectivity index (χ2v) is 10.7. The second kappa shape index (κ2) is 8.84. The molecule has 0 spiro atoms. The Balaban J connectivity index is 1.50. The Hall–Kier alpha value is -3.67. The molecule has 5 aromatic rings. The van der Waals surface area contributed by atoms with Gasteiger partial charge in [0.05, 0.1) is 26.8 Å². The number of hydrogen-bond acceptors (Lipinski definition) is 6. The zero-order chi connectivity index (χ0) is 24.7. The van der Waals surface area contributed by atoms with E-state index >= 15 is 4.39 Å². The van der Waals surface area contributed by atoms with Crippen molar-refractivity contribution in [2.24, 2.45) is 0 Å². The minimum atomic E-state index is -4.24. The molecule has 0 aliphatic heterocycles. The van der Waals surface area contributed by atoms with Crippen molar-refractivity contribution in [2.45, 2.75) is 4.21 Å². The number of anilines is 1. The number of H-pyrrole nitrogens is 1. The first kappa shape index (κ1) is 23.1. The Morgan fingerprint density at radius 1 is 1.09 bits per heavy atom. The molecule has 0 atom stereocenters. The van der Waals surface area contributed by atoms with E-state index in [-0.39, 0.29) is 20.2 Å². The molecular formula is C23H13ClF2N4O3S2. The third-order valence-corrected chi connectivity index (χ3v) is 8.24. The van der Waals surface area contributed by atoms with Gasteiger partial charge in [0, 0.05) is 29.5 Å². The molecule has 7 nitrogen and oxygen atoms in total. The summed E-state index contributed by atoms with van der Waals surface area (Å²) >= 11 is 6.87. The first-order valence-corrected chi connectivity index (χ1v) is 12.6. The molecule has 0 amide bonds. The van der Waals surface area contributed by atoms with Gasteiger partial charge in [-0.2, -0.15) is 0 Å². The van der Waals surface area contributed by atoms with E-state index in [9.17, 15) is 17.6 Å². The summed E-state index contributed by atoms with van der Waals surface area (Å²) in [6, 6.07) is 11.3. The lowest BCUT2D eigenvalue weighted by Crippen LogP contribution is -2.15. The highest BCUT2D eigenvalue weighted by Crippen LogP contribution is 2.32. The van der Waals surface area contributed by atoms with Gasteiger partial charge in [-0.25, -0.2) is 22.2 Å². The van der Waals surface area contributed by atoms with Crippen LogP contribution < -0.4 is 4.72 Å². The summed E-state index contributed by atoms with van der Waals surface area (Å²) in [5.74, 6) is -3.48. The molecule has 1 aromatic carbocycles. The van der Waals surface area contributed by atoms with Crippen LogP contribution in [0.3, 0.4) is 0 Å². The summed E-state index contributed by atoms with van der Waals surface area (Å²) < 4.78 is 57.8. The number of aromatic amines is 1. The molecule has 0 radical (unpaired) electrons. The lowest BCUT2D eigenvalue weighted by molar-refractivity contribution is 0.103. The number of ketones is 1. The number of carbonyl (C=O) groups excluding carboxylic acids is 1.